The van der Waals surface area contributed by atoms with Crippen LogP contribution in [0, 0.1) is 0 Å². The summed E-state index contributed by atoms with van der Waals surface area (Å²) in [4.78, 5) is 27.6. The zero-order chi connectivity index (χ0) is 27.9. The Bertz CT molecular complexity index is 1230. The maximum atomic E-state index is 13.5. The van der Waals surface area contributed by atoms with Crippen molar-refractivity contribution in [2.45, 2.75) is 51.3 Å². The average molecular weight is 544 g/mol. The molecule has 1 amide bonds. The van der Waals surface area contributed by atoms with Gasteiger partial charge in [-0.05, 0) is 33.8 Å². The molecule has 1 atom stereocenters. The molecule has 0 radical (unpaired) electrons. The van der Waals surface area contributed by atoms with Crippen LogP contribution >= 0.6 is 0 Å². The Morgan fingerprint density at radius 2 is 1.41 bits per heavy atom. The molecule has 1 heterocycles. The van der Waals surface area contributed by atoms with Crippen LogP contribution in [0.2, 0.25) is 5.04 Å². The van der Waals surface area contributed by atoms with Crippen molar-refractivity contribution in [1.29, 1.82) is 0 Å². The van der Waals surface area contributed by atoms with Crippen molar-refractivity contribution < 1.29 is 23.5 Å². The lowest BCUT2D eigenvalue weighted by atomic mass is 10.0. The quantitative estimate of drug-likeness (QED) is 0.280. The van der Waals surface area contributed by atoms with Gasteiger partial charge in [-0.2, -0.15) is 0 Å². The number of amides is 1. The fourth-order valence-corrected chi connectivity index (χ4v) is 9.90. The second-order valence-electron chi connectivity index (χ2n) is 10.7. The van der Waals surface area contributed by atoms with Gasteiger partial charge in [0.1, 0.15) is 12.3 Å². The molecule has 3 aromatic carbocycles. The van der Waals surface area contributed by atoms with Crippen molar-refractivity contribution in [2.75, 3.05) is 13.7 Å². The Kier molecular flexibility index (Phi) is 9.04. The van der Waals surface area contributed by atoms with Gasteiger partial charge in [0.25, 0.3) is 8.32 Å². The molecule has 0 N–H and O–H groups in total. The van der Waals surface area contributed by atoms with Crippen LogP contribution in [0.15, 0.2) is 103 Å². The number of allylic oxidation sites excluding steroid dienone is 1. The third-order valence-electron chi connectivity index (χ3n) is 7.17. The molecule has 0 saturated carbocycles. The summed E-state index contributed by atoms with van der Waals surface area (Å²) in [5.74, 6) is -0.568. The van der Waals surface area contributed by atoms with E-state index in [4.69, 9.17) is 13.9 Å². The summed E-state index contributed by atoms with van der Waals surface area (Å²) in [5.41, 5.74) is 1.06. The molecule has 0 spiro atoms. The molecular weight excluding hydrogens is 506 g/mol. The number of esters is 1. The maximum Gasteiger partial charge on any atom is 0.415 e. The zero-order valence-corrected chi connectivity index (χ0v) is 24.1. The first-order valence-electron chi connectivity index (χ1n) is 13.3. The molecule has 0 aliphatic carbocycles. The molecule has 0 bridgehead atoms. The number of methoxy groups -OCH3 is 1. The predicted molar refractivity (Wildman–Crippen MR) is 155 cm³/mol. The number of hydrogen-bond donors (Lipinski definition) is 0. The first-order chi connectivity index (χ1) is 18.8. The van der Waals surface area contributed by atoms with Crippen molar-refractivity contribution in [3.63, 3.8) is 0 Å². The van der Waals surface area contributed by atoms with Gasteiger partial charge in [-0.1, -0.05) is 118 Å². The smallest absolute Gasteiger partial charge is 0.415 e. The molecule has 6 nitrogen and oxygen atoms in total. The minimum atomic E-state index is -2.84. The SMILES string of the molecule is COC(=O)C1=CCC[C@@H](CO[Si](c2ccccc2)(c2ccccc2)C(C)(C)C)N1C(=O)OCc1ccccc1. The normalized spacial score (nSPS) is 15.8. The molecule has 39 heavy (non-hydrogen) atoms. The van der Waals surface area contributed by atoms with Crippen LogP contribution in [-0.4, -0.2) is 45.0 Å². The predicted octanol–water partition coefficient (Wildman–Crippen LogP) is 5.42. The lowest BCUT2D eigenvalue weighted by molar-refractivity contribution is -0.138. The van der Waals surface area contributed by atoms with Crippen LogP contribution in [0.1, 0.15) is 39.2 Å². The van der Waals surface area contributed by atoms with Gasteiger partial charge in [-0.15, -0.1) is 0 Å². The van der Waals surface area contributed by atoms with E-state index in [1.54, 1.807) is 6.08 Å². The van der Waals surface area contributed by atoms with E-state index in [-0.39, 0.29) is 23.9 Å². The van der Waals surface area contributed by atoms with Crippen LogP contribution in [0.3, 0.4) is 0 Å². The first-order valence-corrected chi connectivity index (χ1v) is 15.2. The Hall–Kier alpha value is -3.68. The number of carbonyl (C=O) groups is 2. The van der Waals surface area contributed by atoms with Gasteiger partial charge in [-0.3, -0.25) is 4.90 Å². The summed E-state index contributed by atoms with van der Waals surface area (Å²) >= 11 is 0. The Morgan fingerprint density at radius 1 is 0.872 bits per heavy atom. The highest BCUT2D eigenvalue weighted by atomic mass is 28.4. The largest absolute Gasteiger partial charge is 0.464 e. The van der Waals surface area contributed by atoms with E-state index in [0.29, 0.717) is 12.8 Å². The van der Waals surface area contributed by atoms with Crippen molar-refractivity contribution >= 4 is 30.8 Å². The third-order valence-corrected chi connectivity index (χ3v) is 12.2. The topological polar surface area (TPSA) is 65.1 Å². The number of benzene rings is 3. The average Bonchev–Trinajstić information content (AvgIpc) is 2.96. The summed E-state index contributed by atoms with van der Waals surface area (Å²) in [6.07, 6.45) is 2.42. The second kappa shape index (κ2) is 12.4. The van der Waals surface area contributed by atoms with Crippen molar-refractivity contribution in [3.05, 3.63) is 108 Å². The lowest BCUT2D eigenvalue weighted by Gasteiger charge is -2.45. The van der Waals surface area contributed by atoms with E-state index >= 15 is 0 Å². The fourth-order valence-electron chi connectivity index (χ4n) is 5.30. The molecule has 3 aromatic rings. The second-order valence-corrected chi connectivity index (χ2v) is 15.0. The number of rotatable bonds is 8. The summed E-state index contributed by atoms with van der Waals surface area (Å²) in [6, 6.07) is 29.8. The molecule has 0 fully saturated rings. The molecule has 0 saturated heterocycles. The molecule has 7 heteroatoms. The van der Waals surface area contributed by atoms with E-state index in [9.17, 15) is 9.59 Å². The molecule has 204 valence electrons. The van der Waals surface area contributed by atoms with Gasteiger partial charge in [0.15, 0.2) is 0 Å². The van der Waals surface area contributed by atoms with Crippen molar-refractivity contribution in [1.82, 2.24) is 4.90 Å². The van der Waals surface area contributed by atoms with E-state index < -0.39 is 26.4 Å². The van der Waals surface area contributed by atoms with Crippen LogP contribution in [0.25, 0.3) is 0 Å². The van der Waals surface area contributed by atoms with Crippen molar-refractivity contribution in [3.8, 4) is 0 Å². The van der Waals surface area contributed by atoms with E-state index in [0.717, 1.165) is 15.9 Å². The Labute approximate surface area is 232 Å². The highest BCUT2D eigenvalue weighted by molar-refractivity contribution is 6.99. The molecule has 0 aromatic heterocycles. The van der Waals surface area contributed by atoms with Gasteiger partial charge in [-0.25, -0.2) is 9.59 Å². The van der Waals surface area contributed by atoms with Gasteiger partial charge in [0.2, 0.25) is 0 Å². The number of hydrogen-bond acceptors (Lipinski definition) is 5. The minimum absolute atomic E-state index is 0.104. The van der Waals surface area contributed by atoms with Crippen LogP contribution in [-0.2, 0) is 25.3 Å². The molecule has 0 unspecified atom stereocenters. The van der Waals surface area contributed by atoms with Crippen LogP contribution in [0.4, 0.5) is 4.79 Å². The number of carbonyl (C=O) groups excluding carboxylic acids is 2. The first kappa shape index (κ1) is 28.3. The number of ether oxygens (including phenoxy) is 2. The maximum absolute atomic E-state index is 13.5. The summed E-state index contributed by atoms with van der Waals surface area (Å²) in [5, 5.41) is 2.09. The Morgan fingerprint density at radius 3 is 1.92 bits per heavy atom. The van der Waals surface area contributed by atoms with Crippen LogP contribution in [0.5, 0.6) is 0 Å². The van der Waals surface area contributed by atoms with Gasteiger partial charge in [0.05, 0.1) is 19.8 Å². The standard InChI is InChI=1S/C32H37NO5Si/c1-32(2,3)39(27-18-10-6-11-19-27,28-20-12-7-13-21-28)38-24-26-17-14-22-29(30(34)36-4)33(26)31(35)37-23-25-15-8-5-9-16-25/h5-13,15-16,18-22,26H,14,17,23-24H2,1-4H3/t26-/m0/s1. The Balaban J connectivity index is 1.68. The molecule has 4 rings (SSSR count). The fraction of sp³-hybridized carbons (Fsp3) is 0.312. The van der Waals surface area contributed by atoms with Gasteiger partial charge >= 0.3 is 12.1 Å². The third kappa shape index (κ3) is 6.15. The number of nitrogens with zero attached hydrogens (tertiary/aromatic N) is 1. The monoisotopic (exact) mass is 543 g/mol. The molecular formula is C32H37NO5Si. The van der Waals surface area contributed by atoms with Gasteiger partial charge < -0.3 is 13.9 Å². The summed E-state index contributed by atoms with van der Waals surface area (Å²) in [6.45, 7) is 7.00. The lowest BCUT2D eigenvalue weighted by Crippen LogP contribution is -2.67. The molecule has 1 aliphatic rings. The summed E-state index contributed by atoms with van der Waals surface area (Å²) in [7, 11) is -1.52. The van der Waals surface area contributed by atoms with Crippen molar-refractivity contribution in [2.24, 2.45) is 0 Å². The minimum Gasteiger partial charge on any atom is -0.464 e. The van der Waals surface area contributed by atoms with Gasteiger partial charge in [0, 0.05) is 0 Å². The highest BCUT2D eigenvalue weighted by Crippen LogP contribution is 2.37. The van der Waals surface area contributed by atoms with E-state index in [1.165, 1.54) is 12.0 Å². The van der Waals surface area contributed by atoms with Crippen LogP contribution < -0.4 is 10.4 Å². The highest BCUT2D eigenvalue weighted by Gasteiger charge is 2.51. The zero-order valence-electron chi connectivity index (χ0n) is 23.1. The van der Waals surface area contributed by atoms with E-state index in [1.807, 2.05) is 66.7 Å². The molecule has 1 aliphatic heterocycles. The summed E-state index contributed by atoms with van der Waals surface area (Å²) < 4.78 is 17.8. The van der Waals surface area contributed by atoms with E-state index in [2.05, 4.69) is 45.0 Å².